The van der Waals surface area contributed by atoms with Crippen LogP contribution >= 0.6 is 0 Å². The fourth-order valence-corrected chi connectivity index (χ4v) is 2.24. The summed E-state index contributed by atoms with van der Waals surface area (Å²) in [7, 11) is 0. The molecule has 3 nitrogen and oxygen atoms in total. The van der Waals surface area contributed by atoms with Crippen molar-refractivity contribution < 1.29 is 4.42 Å². The Morgan fingerprint density at radius 3 is 3.07 bits per heavy atom. The van der Waals surface area contributed by atoms with Crippen LogP contribution in [0.3, 0.4) is 0 Å². The van der Waals surface area contributed by atoms with Gasteiger partial charge in [0.25, 0.3) is 6.01 Å². The third-order valence-electron chi connectivity index (χ3n) is 3.18. The van der Waals surface area contributed by atoms with Gasteiger partial charge in [0, 0.05) is 6.42 Å². The van der Waals surface area contributed by atoms with Crippen molar-refractivity contribution in [1.82, 2.24) is 4.98 Å². The standard InChI is InChI=1S/C11H18N2O/c1-2-8-4-3-5-10-9(7-6-8)13-11(12)14-10/h8H,2-7H2,1H3,(H2,12,13). The van der Waals surface area contributed by atoms with Crippen molar-refractivity contribution in [2.75, 3.05) is 5.73 Å². The second-order valence-electron chi connectivity index (χ2n) is 4.13. The Bertz CT molecular complexity index is 306. The molecule has 2 rings (SSSR count). The van der Waals surface area contributed by atoms with Gasteiger partial charge in [0.2, 0.25) is 0 Å². The monoisotopic (exact) mass is 194 g/mol. The van der Waals surface area contributed by atoms with Crippen molar-refractivity contribution in [3.8, 4) is 0 Å². The molecule has 1 aromatic rings. The highest BCUT2D eigenvalue weighted by Gasteiger charge is 2.17. The topological polar surface area (TPSA) is 52.0 Å². The number of anilines is 1. The molecule has 2 N–H and O–H groups in total. The average Bonchev–Trinajstić information content (AvgIpc) is 2.47. The maximum Gasteiger partial charge on any atom is 0.292 e. The molecule has 14 heavy (non-hydrogen) atoms. The Kier molecular flexibility index (Phi) is 2.75. The third kappa shape index (κ3) is 1.91. The Morgan fingerprint density at radius 1 is 1.43 bits per heavy atom. The number of rotatable bonds is 1. The highest BCUT2D eigenvalue weighted by Crippen LogP contribution is 2.26. The van der Waals surface area contributed by atoms with E-state index in [-0.39, 0.29) is 0 Å². The van der Waals surface area contributed by atoms with Crippen molar-refractivity contribution in [2.24, 2.45) is 5.92 Å². The first-order valence-electron chi connectivity index (χ1n) is 5.53. The molecule has 78 valence electrons. The molecule has 1 unspecified atom stereocenters. The average molecular weight is 194 g/mol. The molecule has 1 aliphatic carbocycles. The molecule has 3 heteroatoms. The quantitative estimate of drug-likeness (QED) is 0.747. The first-order valence-corrected chi connectivity index (χ1v) is 5.53. The summed E-state index contributed by atoms with van der Waals surface area (Å²) < 4.78 is 5.38. The van der Waals surface area contributed by atoms with Crippen LogP contribution < -0.4 is 5.73 Å². The molecule has 1 atom stereocenters. The minimum absolute atomic E-state index is 0.338. The number of aromatic nitrogens is 1. The zero-order valence-electron chi connectivity index (χ0n) is 8.75. The predicted octanol–water partition coefficient (Wildman–Crippen LogP) is 2.55. The number of nitrogen functional groups attached to an aromatic ring is 1. The first-order chi connectivity index (χ1) is 6.79. The van der Waals surface area contributed by atoms with Gasteiger partial charge in [0.05, 0.1) is 5.69 Å². The highest BCUT2D eigenvalue weighted by molar-refractivity contribution is 5.20. The molecule has 0 bridgehead atoms. The van der Waals surface area contributed by atoms with E-state index >= 15 is 0 Å². The molecule has 0 saturated carbocycles. The fourth-order valence-electron chi connectivity index (χ4n) is 2.24. The molecule has 1 aromatic heterocycles. The lowest BCUT2D eigenvalue weighted by atomic mass is 9.90. The van der Waals surface area contributed by atoms with E-state index in [4.69, 9.17) is 10.2 Å². The Balaban J connectivity index is 2.12. The van der Waals surface area contributed by atoms with E-state index in [0.717, 1.165) is 30.2 Å². The van der Waals surface area contributed by atoms with E-state index in [1.165, 1.54) is 25.7 Å². The maximum absolute atomic E-state index is 5.55. The number of oxazole rings is 1. The summed E-state index contributed by atoms with van der Waals surface area (Å²) in [6.45, 7) is 2.27. The molecule has 0 amide bonds. The third-order valence-corrected chi connectivity index (χ3v) is 3.18. The van der Waals surface area contributed by atoms with Gasteiger partial charge in [0.1, 0.15) is 5.76 Å². The lowest BCUT2D eigenvalue weighted by Crippen LogP contribution is -2.07. The second-order valence-corrected chi connectivity index (χ2v) is 4.13. The number of hydrogen-bond donors (Lipinski definition) is 1. The molecule has 0 spiro atoms. The van der Waals surface area contributed by atoms with Crippen LogP contribution in [0.15, 0.2) is 4.42 Å². The van der Waals surface area contributed by atoms with E-state index in [1.54, 1.807) is 0 Å². The first kappa shape index (κ1) is 9.56. The summed E-state index contributed by atoms with van der Waals surface area (Å²) in [5.74, 6) is 1.89. The van der Waals surface area contributed by atoms with E-state index in [1.807, 2.05) is 0 Å². The van der Waals surface area contributed by atoms with E-state index in [9.17, 15) is 0 Å². The summed E-state index contributed by atoms with van der Waals surface area (Å²) >= 11 is 0. The molecule has 0 fully saturated rings. The number of fused-ring (bicyclic) bond motifs is 1. The van der Waals surface area contributed by atoms with Crippen LogP contribution in [0.2, 0.25) is 0 Å². The second kappa shape index (κ2) is 4.03. The molecule has 1 aliphatic rings. The summed E-state index contributed by atoms with van der Waals surface area (Å²) in [5, 5.41) is 0. The van der Waals surface area contributed by atoms with Crippen molar-refractivity contribution in [3.63, 3.8) is 0 Å². The Morgan fingerprint density at radius 2 is 2.29 bits per heavy atom. The van der Waals surface area contributed by atoms with Gasteiger partial charge in [-0.25, -0.2) is 0 Å². The predicted molar refractivity (Wildman–Crippen MR) is 56.0 cm³/mol. The van der Waals surface area contributed by atoms with Gasteiger partial charge in [-0.05, 0) is 25.2 Å². The molecule has 0 aromatic carbocycles. The van der Waals surface area contributed by atoms with Crippen LogP contribution in [-0.2, 0) is 12.8 Å². The number of hydrogen-bond acceptors (Lipinski definition) is 3. The van der Waals surface area contributed by atoms with Gasteiger partial charge in [-0.1, -0.05) is 19.8 Å². The largest absolute Gasteiger partial charge is 0.429 e. The zero-order valence-corrected chi connectivity index (χ0v) is 8.75. The lowest BCUT2D eigenvalue weighted by molar-refractivity contribution is 0.395. The normalized spacial score (nSPS) is 22.5. The van der Waals surface area contributed by atoms with E-state index in [0.29, 0.717) is 6.01 Å². The summed E-state index contributed by atoms with van der Waals surface area (Å²) in [5.41, 5.74) is 6.65. The van der Waals surface area contributed by atoms with Gasteiger partial charge in [-0.15, -0.1) is 0 Å². The summed E-state index contributed by atoms with van der Waals surface area (Å²) in [6.07, 6.45) is 7.08. The van der Waals surface area contributed by atoms with Crippen LogP contribution in [0.4, 0.5) is 6.01 Å². The number of nitrogens with zero attached hydrogens (tertiary/aromatic N) is 1. The van der Waals surface area contributed by atoms with Crippen molar-refractivity contribution >= 4 is 6.01 Å². The van der Waals surface area contributed by atoms with Crippen LogP contribution in [0, 0.1) is 5.92 Å². The van der Waals surface area contributed by atoms with Gasteiger partial charge >= 0.3 is 0 Å². The molecule has 1 heterocycles. The van der Waals surface area contributed by atoms with Crippen molar-refractivity contribution in [1.29, 1.82) is 0 Å². The molecular weight excluding hydrogens is 176 g/mol. The number of aryl methyl sites for hydroxylation is 2. The van der Waals surface area contributed by atoms with Crippen LogP contribution in [0.25, 0.3) is 0 Å². The van der Waals surface area contributed by atoms with Crippen LogP contribution in [-0.4, -0.2) is 4.98 Å². The van der Waals surface area contributed by atoms with Crippen LogP contribution in [0.5, 0.6) is 0 Å². The smallest absolute Gasteiger partial charge is 0.292 e. The minimum atomic E-state index is 0.338. The van der Waals surface area contributed by atoms with Gasteiger partial charge in [-0.3, -0.25) is 0 Å². The van der Waals surface area contributed by atoms with Crippen LogP contribution in [0.1, 0.15) is 44.1 Å². The SMILES string of the molecule is CCC1CCCc2oc(N)nc2CC1. The van der Waals surface area contributed by atoms with E-state index < -0.39 is 0 Å². The molecule has 0 aliphatic heterocycles. The highest BCUT2D eigenvalue weighted by atomic mass is 16.4. The minimum Gasteiger partial charge on any atom is -0.429 e. The maximum atomic E-state index is 5.55. The van der Waals surface area contributed by atoms with Gasteiger partial charge < -0.3 is 10.2 Å². The van der Waals surface area contributed by atoms with Gasteiger partial charge in [0.15, 0.2) is 0 Å². The zero-order chi connectivity index (χ0) is 9.97. The fraction of sp³-hybridized carbons (Fsp3) is 0.727. The molecule has 0 radical (unpaired) electrons. The Hall–Kier alpha value is -0.990. The molecule has 0 saturated heterocycles. The Labute approximate surface area is 84.7 Å². The van der Waals surface area contributed by atoms with Gasteiger partial charge in [-0.2, -0.15) is 4.98 Å². The summed E-state index contributed by atoms with van der Waals surface area (Å²) in [4.78, 5) is 4.23. The molecular formula is C11H18N2O. The van der Waals surface area contributed by atoms with Crippen molar-refractivity contribution in [2.45, 2.75) is 45.4 Å². The lowest BCUT2D eigenvalue weighted by Gasteiger charge is -2.16. The van der Waals surface area contributed by atoms with Crippen molar-refractivity contribution in [3.05, 3.63) is 11.5 Å². The number of nitrogens with two attached hydrogens (primary N) is 1. The summed E-state index contributed by atoms with van der Waals surface area (Å²) in [6, 6.07) is 0.338. The van der Waals surface area contributed by atoms with E-state index in [2.05, 4.69) is 11.9 Å².